The van der Waals surface area contributed by atoms with Gasteiger partial charge in [-0.3, -0.25) is 4.68 Å². The number of fused-ring (bicyclic) bond motifs is 1. The van der Waals surface area contributed by atoms with E-state index in [4.69, 9.17) is 4.52 Å². The lowest BCUT2D eigenvalue weighted by atomic mass is 10.2. The molecule has 3 aromatic rings. The Kier molecular flexibility index (Phi) is 4.45. The Morgan fingerprint density at radius 3 is 2.88 bits per heavy atom. The molecule has 0 atom stereocenters. The van der Waals surface area contributed by atoms with Crippen molar-refractivity contribution in [3.63, 3.8) is 0 Å². The van der Waals surface area contributed by atoms with Crippen molar-refractivity contribution < 1.29 is 9.32 Å². The van der Waals surface area contributed by atoms with E-state index in [1.807, 2.05) is 35.9 Å². The van der Waals surface area contributed by atoms with Gasteiger partial charge in [-0.25, -0.2) is 4.79 Å². The fourth-order valence-corrected chi connectivity index (χ4v) is 2.54. The van der Waals surface area contributed by atoms with E-state index in [1.165, 1.54) is 4.90 Å². The normalized spacial score (nSPS) is 11.0. The summed E-state index contributed by atoms with van der Waals surface area (Å²) < 4.78 is 6.96. The minimum Gasteiger partial charge on any atom is -0.337 e. The van der Waals surface area contributed by atoms with Gasteiger partial charge in [0.2, 0.25) is 5.89 Å². The summed E-state index contributed by atoms with van der Waals surface area (Å²) in [6.45, 7) is 5.19. The van der Waals surface area contributed by atoms with E-state index in [2.05, 4.69) is 20.6 Å². The molecule has 0 unspecified atom stereocenters. The van der Waals surface area contributed by atoms with Crippen LogP contribution in [0.15, 0.2) is 28.8 Å². The molecule has 3 rings (SSSR count). The molecule has 2 amide bonds. The molecule has 126 valence electrons. The molecule has 0 radical (unpaired) electrons. The number of aromatic nitrogens is 4. The molecule has 8 heteroatoms. The average Bonchev–Trinajstić information content (AvgIpc) is 3.16. The van der Waals surface area contributed by atoms with Crippen molar-refractivity contribution in [3.05, 3.63) is 41.7 Å². The molecule has 0 spiro atoms. The summed E-state index contributed by atoms with van der Waals surface area (Å²) in [4.78, 5) is 17.8. The van der Waals surface area contributed by atoms with Gasteiger partial charge in [0.1, 0.15) is 6.54 Å². The third kappa shape index (κ3) is 3.22. The summed E-state index contributed by atoms with van der Waals surface area (Å²) in [5, 5.41) is 12.2. The van der Waals surface area contributed by atoms with Crippen LogP contribution >= 0.6 is 0 Å². The van der Waals surface area contributed by atoms with E-state index in [1.54, 1.807) is 14.0 Å². The molecule has 8 nitrogen and oxygen atoms in total. The standard InChI is InChI=1S/C16H20N6O2/c1-4-22-14-8-6-5-7-12(14)13(19-22)9-17-16(23)21(3)10-15-18-11(2)20-24-15/h5-8H,4,9-10H2,1-3H3,(H,17,23). The van der Waals surface area contributed by atoms with Gasteiger partial charge in [-0.1, -0.05) is 23.4 Å². The number of para-hydroxylation sites is 1. The van der Waals surface area contributed by atoms with Gasteiger partial charge in [0.05, 0.1) is 17.8 Å². The smallest absolute Gasteiger partial charge is 0.317 e. The van der Waals surface area contributed by atoms with Gasteiger partial charge in [0, 0.05) is 19.0 Å². The predicted molar refractivity (Wildman–Crippen MR) is 88.1 cm³/mol. The number of hydrogen-bond donors (Lipinski definition) is 1. The van der Waals surface area contributed by atoms with Crippen molar-refractivity contribution in [1.29, 1.82) is 0 Å². The Labute approximate surface area is 139 Å². The number of nitrogens with zero attached hydrogens (tertiary/aromatic N) is 5. The molecular weight excluding hydrogens is 308 g/mol. The van der Waals surface area contributed by atoms with E-state index >= 15 is 0 Å². The maximum Gasteiger partial charge on any atom is 0.317 e. The highest BCUT2D eigenvalue weighted by molar-refractivity contribution is 5.82. The Morgan fingerprint density at radius 2 is 2.17 bits per heavy atom. The summed E-state index contributed by atoms with van der Waals surface area (Å²) in [6, 6.07) is 7.78. The van der Waals surface area contributed by atoms with E-state index in [-0.39, 0.29) is 12.6 Å². The van der Waals surface area contributed by atoms with Gasteiger partial charge in [0.15, 0.2) is 5.82 Å². The predicted octanol–water partition coefficient (Wildman–Crippen LogP) is 2.09. The first kappa shape index (κ1) is 16.0. The highest BCUT2D eigenvalue weighted by atomic mass is 16.5. The number of carbonyl (C=O) groups excluding carboxylic acids is 1. The van der Waals surface area contributed by atoms with Gasteiger partial charge in [-0.15, -0.1) is 0 Å². The van der Waals surface area contributed by atoms with Crippen LogP contribution < -0.4 is 5.32 Å². The summed E-state index contributed by atoms with van der Waals surface area (Å²) in [6.07, 6.45) is 0. The zero-order chi connectivity index (χ0) is 17.1. The maximum absolute atomic E-state index is 12.2. The van der Waals surface area contributed by atoms with Gasteiger partial charge in [-0.2, -0.15) is 10.1 Å². The number of benzene rings is 1. The molecule has 24 heavy (non-hydrogen) atoms. The van der Waals surface area contributed by atoms with Crippen LogP contribution in [0.4, 0.5) is 4.79 Å². The minimum atomic E-state index is -0.221. The van der Waals surface area contributed by atoms with Crippen LogP contribution in [0.1, 0.15) is 24.3 Å². The van der Waals surface area contributed by atoms with Crippen molar-refractivity contribution in [1.82, 2.24) is 30.1 Å². The SMILES string of the molecule is CCn1nc(CNC(=O)N(C)Cc2nc(C)no2)c2ccccc21. The fraction of sp³-hybridized carbons (Fsp3) is 0.375. The molecule has 1 aromatic carbocycles. The molecule has 0 aliphatic heterocycles. The number of hydrogen-bond acceptors (Lipinski definition) is 5. The Bertz CT molecular complexity index is 853. The molecule has 0 saturated carbocycles. The highest BCUT2D eigenvalue weighted by Gasteiger charge is 2.15. The van der Waals surface area contributed by atoms with Crippen LogP contribution in [0, 0.1) is 6.92 Å². The van der Waals surface area contributed by atoms with Crippen LogP contribution in [0.3, 0.4) is 0 Å². The fourth-order valence-electron chi connectivity index (χ4n) is 2.54. The monoisotopic (exact) mass is 328 g/mol. The van der Waals surface area contributed by atoms with Gasteiger partial charge < -0.3 is 14.7 Å². The van der Waals surface area contributed by atoms with E-state index < -0.39 is 0 Å². The van der Waals surface area contributed by atoms with Crippen LogP contribution in [0.5, 0.6) is 0 Å². The Hall–Kier alpha value is -2.90. The van der Waals surface area contributed by atoms with Gasteiger partial charge in [-0.05, 0) is 19.9 Å². The first-order valence-corrected chi connectivity index (χ1v) is 7.81. The molecule has 0 saturated heterocycles. The first-order chi connectivity index (χ1) is 11.6. The van der Waals surface area contributed by atoms with Crippen molar-refractivity contribution >= 4 is 16.9 Å². The van der Waals surface area contributed by atoms with E-state index in [0.717, 1.165) is 23.1 Å². The van der Waals surface area contributed by atoms with Gasteiger partial charge in [0.25, 0.3) is 0 Å². The largest absolute Gasteiger partial charge is 0.337 e. The van der Waals surface area contributed by atoms with Gasteiger partial charge >= 0.3 is 6.03 Å². The molecular formula is C16H20N6O2. The molecule has 0 fully saturated rings. The number of amides is 2. The minimum absolute atomic E-state index is 0.221. The lowest BCUT2D eigenvalue weighted by molar-refractivity contribution is 0.199. The quantitative estimate of drug-likeness (QED) is 0.774. The first-order valence-electron chi connectivity index (χ1n) is 7.81. The van der Waals surface area contributed by atoms with Crippen LogP contribution in [0.25, 0.3) is 10.9 Å². The second-order valence-corrected chi connectivity index (χ2v) is 5.53. The maximum atomic E-state index is 12.2. The number of aryl methyl sites for hydroxylation is 2. The van der Waals surface area contributed by atoms with Crippen molar-refractivity contribution in [2.45, 2.75) is 33.5 Å². The van der Waals surface area contributed by atoms with Crippen molar-refractivity contribution in [2.75, 3.05) is 7.05 Å². The van der Waals surface area contributed by atoms with Crippen LogP contribution in [-0.4, -0.2) is 37.9 Å². The second-order valence-electron chi connectivity index (χ2n) is 5.53. The molecule has 2 aromatic heterocycles. The molecule has 1 N–H and O–H groups in total. The number of nitrogens with one attached hydrogen (secondary N) is 1. The lowest BCUT2D eigenvalue weighted by Crippen LogP contribution is -2.36. The van der Waals surface area contributed by atoms with Crippen LogP contribution in [-0.2, 0) is 19.6 Å². The number of urea groups is 1. The Morgan fingerprint density at radius 1 is 1.38 bits per heavy atom. The third-order valence-electron chi connectivity index (χ3n) is 3.73. The number of rotatable bonds is 5. The third-order valence-corrected chi connectivity index (χ3v) is 3.73. The zero-order valence-electron chi connectivity index (χ0n) is 14.0. The van der Waals surface area contributed by atoms with Crippen molar-refractivity contribution in [2.24, 2.45) is 0 Å². The molecule has 2 heterocycles. The average molecular weight is 328 g/mol. The van der Waals surface area contributed by atoms with E-state index in [0.29, 0.717) is 18.3 Å². The lowest BCUT2D eigenvalue weighted by Gasteiger charge is -2.15. The summed E-state index contributed by atoms with van der Waals surface area (Å²) in [7, 11) is 1.68. The summed E-state index contributed by atoms with van der Waals surface area (Å²) >= 11 is 0. The Balaban J connectivity index is 1.66. The summed E-state index contributed by atoms with van der Waals surface area (Å²) in [5.41, 5.74) is 1.92. The van der Waals surface area contributed by atoms with Crippen LogP contribution in [0.2, 0.25) is 0 Å². The van der Waals surface area contributed by atoms with Crippen molar-refractivity contribution in [3.8, 4) is 0 Å². The molecule has 0 aliphatic rings. The van der Waals surface area contributed by atoms with E-state index in [9.17, 15) is 4.79 Å². The molecule has 0 aliphatic carbocycles. The number of carbonyl (C=O) groups is 1. The topological polar surface area (TPSA) is 89.1 Å². The summed E-state index contributed by atoms with van der Waals surface area (Å²) in [5.74, 6) is 0.959. The second kappa shape index (κ2) is 6.69. The zero-order valence-corrected chi connectivity index (χ0v) is 14.0. The molecule has 0 bridgehead atoms. The highest BCUT2D eigenvalue weighted by Crippen LogP contribution is 2.18.